The van der Waals surface area contributed by atoms with Gasteiger partial charge in [-0.3, -0.25) is 4.79 Å². The number of carboxylic acid groups (broad SMARTS) is 1. The first-order valence-electron chi connectivity index (χ1n) is 6.28. The normalized spacial score (nSPS) is 26.7. The van der Waals surface area contributed by atoms with E-state index >= 15 is 0 Å². The summed E-state index contributed by atoms with van der Waals surface area (Å²) >= 11 is 0. The number of carboxylic acids is 1. The maximum atomic E-state index is 10.9. The van der Waals surface area contributed by atoms with Crippen LogP contribution in [0.1, 0.15) is 52.9 Å². The van der Waals surface area contributed by atoms with Gasteiger partial charge in [-0.1, -0.05) is 19.8 Å². The Morgan fingerprint density at radius 1 is 1.38 bits per heavy atom. The molecule has 0 aliphatic heterocycles. The van der Waals surface area contributed by atoms with Gasteiger partial charge in [0, 0.05) is 6.61 Å². The van der Waals surface area contributed by atoms with E-state index in [1.807, 2.05) is 0 Å². The molecule has 0 aromatic rings. The van der Waals surface area contributed by atoms with Crippen molar-refractivity contribution in [3.8, 4) is 0 Å². The highest BCUT2D eigenvalue weighted by Crippen LogP contribution is 2.27. The molecule has 0 heterocycles. The second-order valence-electron chi connectivity index (χ2n) is 5.61. The fourth-order valence-electron chi connectivity index (χ4n) is 2.10. The maximum absolute atomic E-state index is 10.9. The minimum absolute atomic E-state index is 0.346. The minimum Gasteiger partial charge on any atom is -0.481 e. The van der Waals surface area contributed by atoms with E-state index in [-0.39, 0.29) is 0 Å². The van der Waals surface area contributed by atoms with E-state index in [4.69, 9.17) is 9.84 Å². The first kappa shape index (κ1) is 13.5. The molecule has 2 unspecified atom stereocenters. The molecule has 1 aliphatic rings. The monoisotopic (exact) mass is 228 g/mol. The molecule has 2 atom stereocenters. The van der Waals surface area contributed by atoms with Crippen LogP contribution in [0.15, 0.2) is 0 Å². The number of ether oxygens (including phenoxy) is 1. The smallest absolute Gasteiger partial charge is 0.309 e. The molecular weight excluding hydrogens is 204 g/mol. The Morgan fingerprint density at radius 3 is 2.56 bits per heavy atom. The first-order valence-corrected chi connectivity index (χ1v) is 6.28. The SMILES string of the molecule is CC1CCCCC1OCCC(C)(C)C(=O)O. The van der Waals surface area contributed by atoms with E-state index < -0.39 is 11.4 Å². The molecule has 0 spiro atoms. The summed E-state index contributed by atoms with van der Waals surface area (Å²) < 4.78 is 5.82. The third kappa shape index (κ3) is 3.78. The van der Waals surface area contributed by atoms with E-state index in [9.17, 15) is 4.79 Å². The van der Waals surface area contributed by atoms with Crippen LogP contribution in [0.2, 0.25) is 0 Å². The summed E-state index contributed by atoms with van der Waals surface area (Å²) in [6.07, 6.45) is 5.87. The number of carbonyl (C=O) groups is 1. The predicted octanol–water partition coefficient (Wildman–Crippen LogP) is 3.08. The molecule has 3 nitrogen and oxygen atoms in total. The van der Waals surface area contributed by atoms with Gasteiger partial charge in [-0.05, 0) is 39.0 Å². The number of aliphatic carboxylic acids is 1. The fourth-order valence-corrected chi connectivity index (χ4v) is 2.10. The van der Waals surface area contributed by atoms with Gasteiger partial charge in [-0.25, -0.2) is 0 Å². The lowest BCUT2D eigenvalue weighted by molar-refractivity contribution is -0.148. The average molecular weight is 228 g/mol. The van der Waals surface area contributed by atoms with Crippen molar-refractivity contribution < 1.29 is 14.6 Å². The van der Waals surface area contributed by atoms with Gasteiger partial charge in [0.05, 0.1) is 11.5 Å². The maximum Gasteiger partial charge on any atom is 0.309 e. The van der Waals surface area contributed by atoms with Crippen molar-refractivity contribution in [3.05, 3.63) is 0 Å². The summed E-state index contributed by atoms with van der Waals surface area (Å²) in [4.78, 5) is 10.9. The zero-order valence-corrected chi connectivity index (χ0v) is 10.7. The number of hydrogen-bond donors (Lipinski definition) is 1. The summed E-state index contributed by atoms with van der Waals surface area (Å²) in [7, 11) is 0. The van der Waals surface area contributed by atoms with Crippen LogP contribution in [-0.2, 0) is 9.53 Å². The molecule has 0 bridgehead atoms. The molecule has 0 saturated heterocycles. The highest BCUT2D eigenvalue weighted by Gasteiger charge is 2.28. The molecule has 0 amide bonds. The standard InChI is InChI=1S/C13H24O3/c1-10-6-4-5-7-11(10)16-9-8-13(2,3)12(14)15/h10-11H,4-9H2,1-3H3,(H,14,15). The van der Waals surface area contributed by atoms with Gasteiger partial charge in [0.1, 0.15) is 0 Å². The lowest BCUT2D eigenvalue weighted by atomic mass is 9.87. The van der Waals surface area contributed by atoms with E-state index in [2.05, 4.69) is 6.92 Å². The summed E-state index contributed by atoms with van der Waals surface area (Å²) in [5.74, 6) is -0.116. The van der Waals surface area contributed by atoms with Crippen LogP contribution >= 0.6 is 0 Å². The second-order valence-corrected chi connectivity index (χ2v) is 5.61. The molecule has 0 radical (unpaired) electrons. The topological polar surface area (TPSA) is 46.5 Å². The molecule has 1 N–H and O–H groups in total. The van der Waals surface area contributed by atoms with Crippen LogP contribution in [0, 0.1) is 11.3 Å². The van der Waals surface area contributed by atoms with Crippen LogP contribution in [0.5, 0.6) is 0 Å². The lowest BCUT2D eigenvalue weighted by Crippen LogP contribution is -2.29. The molecule has 1 fully saturated rings. The highest BCUT2D eigenvalue weighted by molar-refractivity contribution is 5.73. The summed E-state index contributed by atoms with van der Waals surface area (Å²) in [5, 5.41) is 8.97. The van der Waals surface area contributed by atoms with Gasteiger partial charge >= 0.3 is 5.97 Å². The summed E-state index contributed by atoms with van der Waals surface area (Å²) in [6, 6.07) is 0. The van der Waals surface area contributed by atoms with Crippen LogP contribution in [0.3, 0.4) is 0 Å². The van der Waals surface area contributed by atoms with E-state index in [0.29, 0.717) is 25.0 Å². The van der Waals surface area contributed by atoms with Crippen molar-refractivity contribution in [1.82, 2.24) is 0 Å². The molecule has 1 aliphatic carbocycles. The zero-order valence-electron chi connectivity index (χ0n) is 10.7. The van der Waals surface area contributed by atoms with Gasteiger partial charge in [-0.2, -0.15) is 0 Å². The van der Waals surface area contributed by atoms with Gasteiger partial charge < -0.3 is 9.84 Å². The zero-order chi connectivity index (χ0) is 12.2. The molecule has 1 rings (SSSR count). The van der Waals surface area contributed by atoms with Crippen molar-refractivity contribution in [2.24, 2.45) is 11.3 Å². The summed E-state index contributed by atoms with van der Waals surface area (Å²) in [6.45, 7) is 6.30. The molecule has 3 heteroatoms. The number of rotatable bonds is 5. The van der Waals surface area contributed by atoms with Gasteiger partial charge in [0.2, 0.25) is 0 Å². The molecule has 0 aromatic carbocycles. The largest absolute Gasteiger partial charge is 0.481 e. The molecular formula is C13H24O3. The Hall–Kier alpha value is -0.570. The van der Waals surface area contributed by atoms with Gasteiger partial charge in [0.15, 0.2) is 0 Å². The Bertz CT molecular complexity index is 235. The van der Waals surface area contributed by atoms with Crippen LogP contribution in [-0.4, -0.2) is 23.8 Å². The Morgan fingerprint density at radius 2 is 2.00 bits per heavy atom. The van der Waals surface area contributed by atoms with Crippen molar-refractivity contribution in [1.29, 1.82) is 0 Å². The quantitative estimate of drug-likeness (QED) is 0.786. The van der Waals surface area contributed by atoms with Gasteiger partial charge in [0.25, 0.3) is 0 Å². The third-order valence-corrected chi connectivity index (χ3v) is 3.67. The third-order valence-electron chi connectivity index (χ3n) is 3.67. The van der Waals surface area contributed by atoms with Crippen molar-refractivity contribution in [3.63, 3.8) is 0 Å². The predicted molar refractivity (Wildman–Crippen MR) is 63.4 cm³/mol. The average Bonchev–Trinajstić information content (AvgIpc) is 2.20. The molecule has 16 heavy (non-hydrogen) atoms. The van der Waals surface area contributed by atoms with E-state index in [1.165, 1.54) is 19.3 Å². The van der Waals surface area contributed by atoms with Crippen LogP contribution in [0.25, 0.3) is 0 Å². The van der Waals surface area contributed by atoms with Crippen molar-refractivity contribution in [2.45, 2.75) is 59.0 Å². The van der Waals surface area contributed by atoms with E-state index in [0.717, 1.165) is 6.42 Å². The Labute approximate surface area is 98.2 Å². The van der Waals surface area contributed by atoms with Crippen molar-refractivity contribution >= 4 is 5.97 Å². The van der Waals surface area contributed by atoms with Crippen LogP contribution in [0.4, 0.5) is 0 Å². The Kier molecular flexibility index (Phi) is 4.78. The second kappa shape index (κ2) is 5.67. The first-order chi connectivity index (χ1) is 7.43. The van der Waals surface area contributed by atoms with Crippen LogP contribution < -0.4 is 0 Å². The Balaban J connectivity index is 2.26. The van der Waals surface area contributed by atoms with Gasteiger partial charge in [-0.15, -0.1) is 0 Å². The molecule has 1 saturated carbocycles. The van der Waals surface area contributed by atoms with E-state index in [1.54, 1.807) is 13.8 Å². The molecule has 94 valence electrons. The molecule has 0 aromatic heterocycles. The highest BCUT2D eigenvalue weighted by atomic mass is 16.5. The number of hydrogen-bond acceptors (Lipinski definition) is 2. The summed E-state index contributed by atoms with van der Waals surface area (Å²) in [5.41, 5.74) is -0.669. The lowest BCUT2D eigenvalue weighted by Gasteiger charge is -2.30. The minimum atomic E-state index is -0.743. The fraction of sp³-hybridized carbons (Fsp3) is 0.923. The van der Waals surface area contributed by atoms with Crippen molar-refractivity contribution in [2.75, 3.05) is 6.61 Å².